The van der Waals surface area contributed by atoms with Gasteiger partial charge in [-0.3, -0.25) is 19.3 Å². The molecule has 0 aliphatic carbocycles. The van der Waals surface area contributed by atoms with Crippen molar-refractivity contribution >= 4 is 41.0 Å². The predicted octanol–water partition coefficient (Wildman–Crippen LogP) is 3.07. The highest BCUT2D eigenvalue weighted by Crippen LogP contribution is 2.26. The summed E-state index contributed by atoms with van der Waals surface area (Å²) in [4.78, 5) is 49.4. The molecular weight excluding hydrogens is 372 g/mol. The number of halogens is 1. The number of carboxylic acids is 1. The summed E-state index contributed by atoms with van der Waals surface area (Å²) < 4.78 is 0. The third-order valence-electron chi connectivity index (χ3n) is 4.00. The molecule has 0 atom stereocenters. The number of amides is 3. The van der Waals surface area contributed by atoms with Gasteiger partial charge in [-0.1, -0.05) is 17.7 Å². The molecule has 2 aromatic carbocycles. The summed E-state index contributed by atoms with van der Waals surface area (Å²) in [6.45, 7) is 3.58. The number of rotatable bonds is 5. The minimum Gasteiger partial charge on any atom is -0.478 e. The molecule has 8 heteroatoms. The van der Waals surface area contributed by atoms with Gasteiger partial charge >= 0.3 is 5.97 Å². The van der Waals surface area contributed by atoms with Crippen molar-refractivity contribution in [2.75, 3.05) is 11.9 Å². The van der Waals surface area contributed by atoms with E-state index >= 15 is 0 Å². The summed E-state index contributed by atoms with van der Waals surface area (Å²) >= 11 is 5.87. The second-order valence-electron chi connectivity index (χ2n) is 5.72. The molecule has 0 saturated heterocycles. The maximum Gasteiger partial charge on any atom is 0.337 e. The van der Waals surface area contributed by atoms with Crippen molar-refractivity contribution in [2.24, 2.45) is 0 Å². The Balaban J connectivity index is 1.92. The predicted molar refractivity (Wildman–Crippen MR) is 98.4 cm³/mol. The summed E-state index contributed by atoms with van der Waals surface area (Å²) in [5, 5.41) is 11.9. The third-order valence-corrected chi connectivity index (χ3v) is 4.24. The molecule has 1 aliphatic heterocycles. The van der Waals surface area contributed by atoms with Crippen LogP contribution in [0.15, 0.2) is 49.1 Å². The minimum absolute atomic E-state index is 0.0242. The second kappa shape index (κ2) is 7.05. The van der Waals surface area contributed by atoms with Gasteiger partial charge in [0.2, 0.25) is 0 Å². The minimum atomic E-state index is -1.23. The number of imide groups is 1. The Hall–Kier alpha value is -3.45. The van der Waals surface area contributed by atoms with Crippen LogP contribution in [0.2, 0.25) is 5.02 Å². The molecular formula is C19H13ClN2O5. The van der Waals surface area contributed by atoms with Crippen LogP contribution in [-0.2, 0) is 0 Å². The van der Waals surface area contributed by atoms with Crippen LogP contribution in [0.5, 0.6) is 0 Å². The molecule has 0 aromatic heterocycles. The van der Waals surface area contributed by atoms with Crippen molar-refractivity contribution in [3.8, 4) is 0 Å². The summed E-state index contributed by atoms with van der Waals surface area (Å²) in [6.07, 6.45) is 1.43. The maximum atomic E-state index is 12.5. The zero-order valence-corrected chi connectivity index (χ0v) is 14.6. The van der Waals surface area contributed by atoms with E-state index in [0.29, 0.717) is 0 Å². The Bertz CT molecular complexity index is 1020. The fourth-order valence-corrected chi connectivity index (χ4v) is 2.90. The van der Waals surface area contributed by atoms with Gasteiger partial charge in [0.15, 0.2) is 0 Å². The smallest absolute Gasteiger partial charge is 0.337 e. The van der Waals surface area contributed by atoms with E-state index in [1.807, 2.05) is 0 Å². The SMILES string of the molecule is C=CCN1C(=O)c2ccc(C(=O)Nc3cc(Cl)ccc3C(=O)O)cc2C1=O. The number of aromatic carboxylic acids is 1. The lowest BCUT2D eigenvalue weighted by Crippen LogP contribution is -2.29. The van der Waals surface area contributed by atoms with E-state index in [1.165, 1.54) is 42.5 Å². The van der Waals surface area contributed by atoms with Gasteiger partial charge in [-0.25, -0.2) is 4.79 Å². The lowest BCUT2D eigenvalue weighted by Gasteiger charge is -2.10. The summed E-state index contributed by atoms with van der Waals surface area (Å²) in [7, 11) is 0. The molecule has 27 heavy (non-hydrogen) atoms. The molecule has 2 N–H and O–H groups in total. The highest BCUT2D eigenvalue weighted by atomic mass is 35.5. The number of carbonyl (C=O) groups is 4. The van der Waals surface area contributed by atoms with Gasteiger partial charge in [-0.05, 0) is 36.4 Å². The van der Waals surface area contributed by atoms with Gasteiger partial charge in [-0.2, -0.15) is 0 Å². The van der Waals surface area contributed by atoms with Crippen molar-refractivity contribution in [1.29, 1.82) is 0 Å². The van der Waals surface area contributed by atoms with Crippen LogP contribution in [0.4, 0.5) is 5.69 Å². The van der Waals surface area contributed by atoms with Crippen LogP contribution in [0, 0.1) is 0 Å². The summed E-state index contributed by atoms with van der Waals surface area (Å²) in [5.41, 5.74) is 0.312. The number of hydrogen-bond donors (Lipinski definition) is 2. The van der Waals surface area contributed by atoms with Gasteiger partial charge < -0.3 is 10.4 Å². The van der Waals surface area contributed by atoms with E-state index < -0.39 is 23.7 Å². The van der Waals surface area contributed by atoms with Crippen LogP contribution in [-0.4, -0.2) is 40.2 Å². The summed E-state index contributed by atoms with van der Waals surface area (Å²) in [6, 6.07) is 8.08. The first-order valence-electron chi connectivity index (χ1n) is 7.79. The third kappa shape index (κ3) is 3.32. The first-order valence-corrected chi connectivity index (χ1v) is 8.16. The Morgan fingerprint density at radius 2 is 1.81 bits per heavy atom. The van der Waals surface area contributed by atoms with E-state index in [2.05, 4.69) is 11.9 Å². The average Bonchev–Trinajstić information content (AvgIpc) is 2.86. The number of anilines is 1. The number of nitrogens with one attached hydrogen (secondary N) is 1. The van der Waals surface area contributed by atoms with Gasteiger partial charge in [0, 0.05) is 17.1 Å². The van der Waals surface area contributed by atoms with Crippen LogP contribution >= 0.6 is 11.6 Å². The molecule has 2 aromatic rings. The molecule has 0 spiro atoms. The monoisotopic (exact) mass is 384 g/mol. The van der Waals surface area contributed by atoms with Crippen molar-refractivity contribution < 1.29 is 24.3 Å². The molecule has 7 nitrogen and oxygen atoms in total. The van der Waals surface area contributed by atoms with E-state index in [9.17, 15) is 24.3 Å². The van der Waals surface area contributed by atoms with Gasteiger partial charge in [0.05, 0.1) is 22.4 Å². The zero-order chi connectivity index (χ0) is 19.7. The number of hydrogen-bond acceptors (Lipinski definition) is 4. The Morgan fingerprint density at radius 1 is 1.11 bits per heavy atom. The average molecular weight is 385 g/mol. The molecule has 0 saturated carbocycles. The van der Waals surface area contributed by atoms with Crippen LogP contribution in [0.25, 0.3) is 0 Å². The fraction of sp³-hybridized carbons (Fsp3) is 0.0526. The molecule has 0 bridgehead atoms. The molecule has 1 aliphatic rings. The zero-order valence-electron chi connectivity index (χ0n) is 13.9. The normalized spacial score (nSPS) is 12.7. The topological polar surface area (TPSA) is 104 Å². The second-order valence-corrected chi connectivity index (χ2v) is 6.16. The van der Waals surface area contributed by atoms with Crippen molar-refractivity contribution in [3.05, 3.63) is 76.3 Å². The number of carboxylic acid groups (broad SMARTS) is 1. The number of nitrogens with zero attached hydrogens (tertiary/aromatic N) is 1. The van der Waals surface area contributed by atoms with Crippen molar-refractivity contribution in [2.45, 2.75) is 0 Å². The molecule has 3 amide bonds. The molecule has 0 radical (unpaired) electrons. The molecule has 136 valence electrons. The largest absolute Gasteiger partial charge is 0.478 e. The molecule has 0 fully saturated rings. The Labute approximate surface area is 158 Å². The van der Waals surface area contributed by atoms with E-state index in [0.717, 1.165) is 4.90 Å². The maximum absolute atomic E-state index is 12.5. The molecule has 3 rings (SSSR count). The first-order chi connectivity index (χ1) is 12.8. The fourth-order valence-electron chi connectivity index (χ4n) is 2.73. The molecule has 1 heterocycles. The standard InChI is InChI=1S/C19H13ClN2O5/c1-2-7-22-17(24)12-5-3-10(8-14(12)18(22)25)16(23)21-15-9-11(20)4-6-13(15)19(26)27/h2-6,8-9H,1,7H2,(H,21,23)(H,26,27). The van der Waals surface area contributed by atoms with Gasteiger partial charge in [-0.15, -0.1) is 6.58 Å². The number of fused-ring (bicyclic) bond motifs is 1. The van der Waals surface area contributed by atoms with Crippen LogP contribution in [0.1, 0.15) is 41.4 Å². The van der Waals surface area contributed by atoms with E-state index in [-0.39, 0.29) is 39.5 Å². The number of carbonyl (C=O) groups excluding carboxylic acids is 3. The number of benzene rings is 2. The molecule has 0 unspecified atom stereocenters. The van der Waals surface area contributed by atoms with Crippen molar-refractivity contribution in [1.82, 2.24) is 4.90 Å². The Morgan fingerprint density at radius 3 is 2.48 bits per heavy atom. The van der Waals surface area contributed by atoms with Crippen molar-refractivity contribution in [3.63, 3.8) is 0 Å². The summed E-state index contributed by atoms with van der Waals surface area (Å²) in [5.74, 6) is -2.83. The van der Waals surface area contributed by atoms with Gasteiger partial charge in [0.25, 0.3) is 17.7 Å². The van der Waals surface area contributed by atoms with E-state index in [4.69, 9.17) is 11.6 Å². The highest BCUT2D eigenvalue weighted by Gasteiger charge is 2.35. The van der Waals surface area contributed by atoms with Crippen LogP contribution in [0.3, 0.4) is 0 Å². The first kappa shape index (κ1) is 18.3. The quantitative estimate of drug-likeness (QED) is 0.609. The lowest BCUT2D eigenvalue weighted by molar-refractivity contribution is 0.0666. The van der Waals surface area contributed by atoms with Gasteiger partial charge in [0.1, 0.15) is 0 Å². The highest BCUT2D eigenvalue weighted by molar-refractivity contribution is 6.31. The van der Waals surface area contributed by atoms with E-state index in [1.54, 1.807) is 0 Å². The Kier molecular flexibility index (Phi) is 4.79. The lowest BCUT2D eigenvalue weighted by atomic mass is 10.0. The van der Waals surface area contributed by atoms with Crippen LogP contribution < -0.4 is 5.32 Å².